The van der Waals surface area contributed by atoms with E-state index in [0.29, 0.717) is 23.9 Å². The molecule has 1 saturated heterocycles. The smallest absolute Gasteiger partial charge is 0.223 e. The van der Waals surface area contributed by atoms with Crippen molar-refractivity contribution in [3.63, 3.8) is 0 Å². The summed E-state index contributed by atoms with van der Waals surface area (Å²) in [6.07, 6.45) is 0.868. The fraction of sp³-hybridized carbons (Fsp3) is 0.846. The fourth-order valence-corrected chi connectivity index (χ4v) is 2.39. The van der Waals surface area contributed by atoms with E-state index in [1.165, 1.54) is 0 Å². The van der Waals surface area contributed by atoms with Crippen LogP contribution in [-0.2, 0) is 6.42 Å². The normalized spacial score (nSPS) is 25.8. The molecule has 1 aromatic heterocycles. The molecule has 0 aliphatic carbocycles. The molecule has 1 aliphatic rings. The van der Waals surface area contributed by atoms with E-state index in [1.54, 1.807) is 0 Å². The van der Waals surface area contributed by atoms with E-state index in [9.17, 15) is 0 Å². The number of aryl methyl sites for hydroxylation is 1. The molecule has 102 valence electrons. The van der Waals surface area contributed by atoms with E-state index in [1.807, 2.05) is 6.92 Å². The quantitative estimate of drug-likeness (QED) is 0.873. The van der Waals surface area contributed by atoms with Crippen LogP contribution in [0.3, 0.4) is 0 Å². The lowest BCUT2D eigenvalue weighted by atomic mass is 9.99. The van der Waals surface area contributed by atoms with Crippen LogP contribution >= 0.6 is 0 Å². The number of piperazine rings is 1. The van der Waals surface area contributed by atoms with Crippen LogP contribution in [0.5, 0.6) is 0 Å². The lowest BCUT2D eigenvalue weighted by Gasteiger charge is -2.40. The molecule has 0 spiro atoms. The molecule has 1 N–H and O–H groups in total. The molecule has 5 nitrogen and oxygen atoms in total. The highest BCUT2D eigenvalue weighted by Gasteiger charge is 2.26. The van der Waals surface area contributed by atoms with Crippen molar-refractivity contribution in [2.45, 2.75) is 46.2 Å². The monoisotopic (exact) mass is 252 g/mol. The van der Waals surface area contributed by atoms with Gasteiger partial charge in [-0.1, -0.05) is 19.0 Å². The highest BCUT2D eigenvalue weighted by atomic mass is 16.5. The first-order chi connectivity index (χ1) is 8.56. The predicted octanol–water partition coefficient (Wildman–Crippen LogP) is 1.24. The minimum atomic E-state index is 0.577. The molecule has 2 heterocycles. The van der Waals surface area contributed by atoms with Crippen LogP contribution in [0, 0.1) is 12.8 Å². The van der Waals surface area contributed by atoms with Crippen molar-refractivity contribution in [3.8, 4) is 0 Å². The molecule has 0 bridgehead atoms. The van der Waals surface area contributed by atoms with Crippen LogP contribution in [0.2, 0.25) is 0 Å². The van der Waals surface area contributed by atoms with E-state index >= 15 is 0 Å². The molecule has 0 saturated carbocycles. The summed E-state index contributed by atoms with van der Waals surface area (Å²) in [4.78, 5) is 6.77. The number of hydrogen-bond acceptors (Lipinski definition) is 5. The van der Waals surface area contributed by atoms with Gasteiger partial charge in [0, 0.05) is 45.1 Å². The summed E-state index contributed by atoms with van der Waals surface area (Å²) < 4.78 is 5.00. The highest BCUT2D eigenvalue weighted by molar-refractivity contribution is 4.89. The average Bonchev–Trinajstić information content (AvgIpc) is 2.74. The van der Waals surface area contributed by atoms with Crippen molar-refractivity contribution >= 4 is 0 Å². The maximum Gasteiger partial charge on any atom is 0.223 e. The summed E-state index contributed by atoms with van der Waals surface area (Å²) in [6.45, 7) is 11.8. The number of aromatic nitrogens is 2. The van der Waals surface area contributed by atoms with Crippen molar-refractivity contribution in [2.75, 3.05) is 19.6 Å². The van der Waals surface area contributed by atoms with Crippen molar-refractivity contribution in [2.24, 2.45) is 5.92 Å². The highest BCUT2D eigenvalue weighted by Crippen LogP contribution is 2.13. The minimum Gasteiger partial charge on any atom is -0.340 e. The Morgan fingerprint density at radius 1 is 1.50 bits per heavy atom. The first-order valence-electron chi connectivity index (χ1n) is 6.83. The van der Waals surface area contributed by atoms with E-state index in [2.05, 4.69) is 41.1 Å². The fourth-order valence-electron chi connectivity index (χ4n) is 2.39. The Kier molecular flexibility index (Phi) is 4.35. The summed E-state index contributed by atoms with van der Waals surface area (Å²) in [5.41, 5.74) is 0. The Labute approximate surface area is 109 Å². The molecule has 0 amide bonds. The number of nitrogens with one attached hydrogen (secondary N) is 1. The van der Waals surface area contributed by atoms with Crippen LogP contribution in [-0.4, -0.2) is 46.8 Å². The molecule has 2 unspecified atom stereocenters. The zero-order valence-corrected chi connectivity index (χ0v) is 11.8. The van der Waals surface area contributed by atoms with Crippen LogP contribution in [0.1, 0.15) is 32.5 Å². The summed E-state index contributed by atoms with van der Waals surface area (Å²) in [5.74, 6) is 2.14. The van der Waals surface area contributed by atoms with Crippen LogP contribution in [0.4, 0.5) is 0 Å². The zero-order valence-electron chi connectivity index (χ0n) is 11.8. The summed E-state index contributed by atoms with van der Waals surface area (Å²) >= 11 is 0. The number of hydrogen-bond donors (Lipinski definition) is 1. The maximum atomic E-state index is 5.00. The Balaban J connectivity index is 1.86. The Hall–Kier alpha value is -0.940. The van der Waals surface area contributed by atoms with Crippen LogP contribution in [0.25, 0.3) is 0 Å². The van der Waals surface area contributed by atoms with Crippen LogP contribution < -0.4 is 5.32 Å². The SMILES string of the molecule is Cc1nc(CCN2CC(C(C)C)NCC2C)no1. The van der Waals surface area contributed by atoms with Gasteiger partial charge in [-0.25, -0.2) is 0 Å². The zero-order chi connectivity index (χ0) is 13.1. The molecule has 1 aliphatic heterocycles. The molecule has 5 heteroatoms. The van der Waals surface area contributed by atoms with Crippen LogP contribution in [0.15, 0.2) is 4.52 Å². The van der Waals surface area contributed by atoms with Crippen molar-refractivity contribution in [1.82, 2.24) is 20.4 Å². The number of rotatable bonds is 4. The predicted molar refractivity (Wildman–Crippen MR) is 70.4 cm³/mol. The second-order valence-electron chi connectivity index (χ2n) is 5.58. The molecule has 2 atom stereocenters. The second kappa shape index (κ2) is 5.80. The molecule has 18 heavy (non-hydrogen) atoms. The van der Waals surface area contributed by atoms with E-state index < -0.39 is 0 Å². The van der Waals surface area contributed by atoms with Crippen molar-refractivity contribution < 1.29 is 4.52 Å². The lowest BCUT2D eigenvalue weighted by Crippen LogP contribution is -2.57. The topological polar surface area (TPSA) is 54.2 Å². The molecule has 0 aromatic carbocycles. The van der Waals surface area contributed by atoms with E-state index in [-0.39, 0.29) is 0 Å². The molecular weight excluding hydrogens is 228 g/mol. The molecular formula is C13H24N4O. The molecule has 0 radical (unpaired) electrons. The van der Waals surface area contributed by atoms with Gasteiger partial charge in [-0.3, -0.25) is 4.90 Å². The Morgan fingerprint density at radius 2 is 2.28 bits per heavy atom. The van der Waals surface area contributed by atoms with Gasteiger partial charge in [0.05, 0.1) is 0 Å². The van der Waals surface area contributed by atoms with Gasteiger partial charge in [-0.05, 0) is 12.8 Å². The Morgan fingerprint density at radius 3 is 2.89 bits per heavy atom. The second-order valence-corrected chi connectivity index (χ2v) is 5.58. The average molecular weight is 252 g/mol. The first kappa shape index (κ1) is 13.5. The van der Waals surface area contributed by atoms with Gasteiger partial charge in [0.2, 0.25) is 5.89 Å². The summed E-state index contributed by atoms with van der Waals surface area (Å²) in [7, 11) is 0. The third kappa shape index (κ3) is 3.29. The minimum absolute atomic E-state index is 0.577. The van der Waals surface area contributed by atoms with E-state index in [4.69, 9.17) is 4.52 Å². The van der Waals surface area contributed by atoms with Crippen molar-refractivity contribution in [1.29, 1.82) is 0 Å². The Bertz CT molecular complexity index is 377. The molecule has 1 fully saturated rings. The van der Waals surface area contributed by atoms with Gasteiger partial charge in [0.15, 0.2) is 5.82 Å². The van der Waals surface area contributed by atoms with Gasteiger partial charge in [0.25, 0.3) is 0 Å². The largest absolute Gasteiger partial charge is 0.340 e. The number of nitrogens with zero attached hydrogens (tertiary/aromatic N) is 3. The lowest BCUT2D eigenvalue weighted by molar-refractivity contribution is 0.124. The standard InChI is InChI=1S/C13H24N4O/c1-9(2)12-8-17(10(3)7-14-12)6-5-13-15-11(4)18-16-13/h9-10,12,14H,5-8H2,1-4H3. The first-order valence-corrected chi connectivity index (χ1v) is 6.83. The van der Waals surface area contributed by atoms with Gasteiger partial charge < -0.3 is 9.84 Å². The molecule has 1 aromatic rings. The van der Waals surface area contributed by atoms with Crippen molar-refractivity contribution in [3.05, 3.63) is 11.7 Å². The van der Waals surface area contributed by atoms with E-state index in [0.717, 1.165) is 31.9 Å². The van der Waals surface area contributed by atoms with Gasteiger partial charge in [-0.15, -0.1) is 0 Å². The van der Waals surface area contributed by atoms with Gasteiger partial charge in [0.1, 0.15) is 0 Å². The summed E-state index contributed by atoms with van der Waals surface area (Å²) in [6, 6.07) is 1.17. The third-order valence-electron chi connectivity index (χ3n) is 3.73. The summed E-state index contributed by atoms with van der Waals surface area (Å²) in [5, 5.41) is 7.56. The molecule has 2 rings (SSSR count). The van der Waals surface area contributed by atoms with Gasteiger partial charge in [-0.2, -0.15) is 4.98 Å². The maximum absolute atomic E-state index is 5.00. The third-order valence-corrected chi connectivity index (χ3v) is 3.73. The van der Waals surface area contributed by atoms with Gasteiger partial charge >= 0.3 is 0 Å².